The maximum atomic E-state index is 13.8. The first kappa shape index (κ1) is 19.4. The molecular formula is C24H22N4O2. The Bertz CT molecular complexity index is 1060. The molecule has 6 heteroatoms. The zero-order chi connectivity index (χ0) is 21.1. The minimum atomic E-state index is -1.16. The van der Waals surface area contributed by atoms with E-state index in [1.165, 1.54) is 11.8 Å². The molecule has 1 fully saturated rings. The summed E-state index contributed by atoms with van der Waals surface area (Å²) in [5.41, 5.74) is 1.87. The van der Waals surface area contributed by atoms with Crippen molar-refractivity contribution in [2.45, 2.75) is 19.0 Å². The molecule has 30 heavy (non-hydrogen) atoms. The van der Waals surface area contributed by atoms with Crippen LogP contribution in [0.15, 0.2) is 84.9 Å². The normalized spacial score (nSPS) is 15.0. The molecule has 1 aliphatic rings. The molecule has 3 aromatic rings. The number of anilines is 1. The van der Waals surface area contributed by atoms with Gasteiger partial charge in [-0.05, 0) is 28.8 Å². The first-order valence-electron chi connectivity index (χ1n) is 9.67. The van der Waals surface area contributed by atoms with Crippen molar-refractivity contribution < 1.29 is 9.59 Å². The van der Waals surface area contributed by atoms with Gasteiger partial charge in [0.2, 0.25) is 5.91 Å². The van der Waals surface area contributed by atoms with E-state index >= 15 is 0 Å². The van der Waals surface area contributed by atoms with E-state index in [0.29, 0.717) is 5.69 Å². The lowest BCUT2D eigenvalue weighted by atomic mass is 9.82. The van der Waals surface area contributed by atoms with E-state index in [1.807, 2.05) is 78.9 Å². The molecule has 0 aromatic heterocycles. The number of hydrogen-bond acceptors (Lipinski definition) is 3. The summed E-state index contributed by atoms with van der Waals surface area (Å²) in [6.07, 6.45) is 0. The van der Waals surface area contributed by atoms with Crippen molar-refractivity contribution in [3.05, 3.63) is 102 Å². The van der Waals surface area contributed by atoms with Gasteiger partial charge in [0.1, 0.15) is 0 Å². The van der Waals surface area contributed by atoms with Crippen LogP contribution in [0.1, 0.15) is 23.6 Å². The molecule has 0 radical (unpaired) electrons. The fourth-order valence-corrected chi connectivity index (χ4v) is 3.82. The summed E-state index contributed by atoms with van der Waals surface area (Å²) in [6, 6.07) is 26.2. The van der Waals surface area contributed by atoms with E-state index in [9.17, 15) is 9.59 Å². The van der Waals surface area contributed by atoms with Crippen molar-refractivity contribution in [3.63, 3.8) is 0 Å². The second kappa shape index (κ2) is 7.83. The molecule has 4 rings (SSSR count). The lowest BCUT2D eigenvalue weighted by Gasteiger charge is -2.28. The Balaban J connectivity index is 1.72. The lowest BCUT2D eigenvalue weighted by molar-refractivity contribution is -0.130. The van der Waals surface area contributed by atoms with Crippen LogP contribution in [0, 0.1) is 5.41 Å². The summed E-state index contributed by atoms with van der Waals surface area (Å²) >= 11 is 0. The van der Waals surface area contributed by atoms with E-state index in [4.69, 9.17) is 5.41 Å². The van der Waals surface area contributed by atoms with Crippen LogP contribution < -0.4 is 10.6 Å². The maximum Gasteiger partial charge on any atom is 0.264 e. The Kier molecular flexibility index (Phi) is 5.06. The number of carbonyl (C=O) groups is 2. The molecule has 0 bridgehead atoms. The fourth-order valence-electron chi connectivity index (χ4n) is 3.82. The zero-order valence-electron chi connectivity index (χ0n) is 16.6. The molecule has 1 saturated heterocycles. The van der Waals surface area contributed by atoms with Gasteiger partial charge in [0, 0.05) is 12.6 Å². The molecule has 2 amide bonds. The minimum absolute atomic E-state index is 0.0395. The van der Waals surface area contributed by atoms with Gasteiger partial charge in [0.05, 0.1) is 6.54 Å². The summed E-state index contributed by atoms with van der Waals surface area (Å²) in [5.74, 6) is -0.335. The van der Waals surface area contributed by atoms with E-state index in [-0.39, 0.29) is 24.3 Å². The number of rotatable bonds is 5. The summed E-state index contributed by atoms with van der Waals surface area (Å²) in [7, 11) is 0. The number of guanidine groups is 1. The molecule has 0 aliphatic carbocycles. The van der Waals surface area contributed by atoms with Crippen LogP contribution in [0.4, 0.5) is 5.69 Å². The Morgan fingerprint density at radius 2 is 1.57 bits per heavy atom. The molecule has 1 heterocycles. The molecule has 150 valence electrons. The van der Waals surface area contributed by atoms with Crippen molar-refractivity contribution in [2.75, 3.05) is 5.32 Å². The predicted molar refractivity (Wildman–Crippen MR) is 116 cm³/mol. The number of benzene rings is 3. The van der Waals surface area contributed by atoms with E-state index in [0.717, 1.165) is 16.7 Å². The van der Waals surface area contributed by atoms with Crippen molar-refractivity contribution in [3.8, 4) is 0 Å². The van der Waals surface area contributed by atoms with E-state index in [1.54, 1.807) is 6.07 Å². The van der Waals surface area contributed by atoms with Gasteiger partial charge in [0.15, 0.2) is 11.5 Å². The van der Waals surface area contributed by atoms with Gasteiger partial charge in [-0.25, -0.2) is 0 Å². The van der Waals surface area contributed by atoms with Gasteiger partial charge in [-0.2, -0.15) is 0 Å². The lowest BCUT2D eigenvalue weighted by Crippen LogP contribution is -2.45. The molecule has 0 unspecified atom stereocenters. The number of carbonyl (C=O) groups excluding carboxylic acids is 2. The van der Waals surface area contributed by atoms with Crippen molar-refractivity contribution in [2.24, 2.45) is 0 Å². The fraction of sp³-hybridized carbons (Fsp3) is 0.125. The SMILES string of the molecule is CC(=O)Nc1cccc(CN2C(=N)NC(c3ccccc3)(c3ccccc3)C2=O)c1. The third-order valence-corrected chi connectivity index (χ3v) is 5.14. The smallest absolute Gasteiger partial charge is 0.264 e. The second-order valence-corrected chi connectivity index (χ2v) is 7.23. The van der Waals surface area contributed by atoms with Gasteiger partial charge in [-0.15, -0.1) is 0 Å². The summed E-state index contributed by atoms with van der Waals surface area (Å²) in [4.78, 5) is 26.5. The Hall–Kier alpha value is -3.93. The van der Waals surface area contributed by atoms with Crippen LogP contribution in [-0.2, 0) is 21.7 Å². The monoisotopic (exact) mass is 398 g/mol. The molecule has 3 N–H and O–H groups in total. The molecular weight excluding hydrogens is 376 g/mol. The third-order valence-electron chi connectivity index (χ3n) is 5.14. The Morgan fingerprint density at radius 1 is 0.967 bits per heavy atom. The number of nitrogens with zero attached hydrogens (tertiary/aromatic N) is 1. The molecule has 0 saturated carbocycles. The van der Waals surface area contributed by atoms with Gasteiger partial charge >= 0.3 is 0 Å². The van der Waals surface area contributed by atoms with E-state index < -0.39 is 5.54 Å². The quantitative estimate of drug-likeness (QED) is 0.615. The molecule has 1 aliphatic heterocycles. The first-order chi connectivity index (χ1) is 14.5. The zero-order valence-corrected chi connectivity index (χ0v) is 16.6. The molecule has 6 nitrogen and oxygen atoms in total. The highest BCUT2D eigenvalue weighted by Crippen LogP contribution is 2.36. The van der Waals surface area contributed by atoms with E-state index in [2.05, 4.69) is 10.6 Å². The van der Waals surface area contributed by atoms with Crippen LogP contribution in [0.25, 0.3) is 0 Å². The van der Waals surface area contributed by atoms with Gasteiger partial charge in [0.25, 0.3) is 5.91 Å². The van der Waals surface area contributed by atoms with Crippen molar-refractivity contribution >= 4 is 23.5 Å². The Morgan fingerprint density at radius 3 is 2.13 bits per heavy atom. The second-order valence-electron chi connectivity index (χ2n) is 7.23. The first-order valence-corrected chi connectivity index (χ1v) is 9.67. The minimum Gasteiger partial charge on any atom is -0.334 e. The summed E-state index contributed by atoms with van der Waals surface area (Å²) in [5, 5.41) is 14.4. The largest absolute Gasteiger partial charge is 0.334 e. The highest BCUT2D eigenvalue weighted by molar-refractivity contribution is 6.10. The average molecular weight is 398 g/mol. The number of nitrogens with one attached hydrogen (secondary N) is 3. The van der Waals surface area contributed by atoms with Crippen LogP contribution >= 0.6 is 0 Å². The molecule has 0 atom stereocenters. The van der Waals surface area contributed by atoms with Crippen molar-refractivity contribution in [1.82, 2.24) is 10.2 Å². The highest BCUT2D eigenvalue weighted by Gasteiger charge is 2.52. The Labute approximate surface area is 175 Å². The van der Waals surface area contributed by atoms with Gasteiger partial charge in [-0.1, -0.05) is 72.8 Å². The van der Waals surface area contributed by atoms with Crippen LogP contribution in [-0.4, -0.2) is 22.7 Å². The number of amides is 2. The summed E-state index contributed by atoms with van der Waals surface area (Å²) < 4.78 is 0. The molecule has 0 spiro atoms. The van der Waals surface area contributed by atoms with Crippen LogP contribution in [0.2, 0.25) is 0 Å². The third kappa shape index (κ3) is 3.43. The summed E-state index contributed by atoms with van der Waals surface area (Å²) in [6.45, 7) is 1.67. The molecule has 3 aromatic carbocycles. The van der Waals surface area contributed by atoms with Gasteiger partial charge < -0.3 is 10.6 Å². The van der Waals surface area contributed by atoms with Crippen LogP contribution in [0.5, 0.6) is 0 Å². The van der Waals surface area contributed by atoms with Crippen LogP contribution in [0.3, 0.4) is 0 Å². The number of hydrogen-bond donors (Lipinski definition) is 3. The van der Waals surface area contributed by atoms with Gasteiger partial charge in [-0.3, -0.25) is 19.9 Å². The highest BCUT2D eigenvalue weighted by atomic mass is 16.2. The predicted octanol–water partition coefficient (Wildman–Crippen LogP) is 3.46. The topological polar surface area (TPSA) is 85.3 Å². The maximum absolute atomic E-state index is 13.8. The van der Waals surface area contributed by atoms with Crippen molar-refractivity contribution in [1.29, 1.82) is 5.41 Å². The standard InChI is InChI=1S/C24H22N4O2/c1-17(29)26-21-14-8-9-18(15-21)16-28-22(30)24(27-23(28)25,19-10-4-2-5-11-19)20-12-6-3-7-13-20/h2-15H,16H2,1H3,(H2,25,27)(H,26,29). The average Bonchev–Trinajstić information content (AvgIpc) is 3.00.